The van der Waals surface area contributed by atoms with Crippen LogP contribution in [0, 0.1) is 0 Å². The number of benzene rings is 2. The van der Waals surface area contributed by atoms with Gasteiger partial charge in [0.1, 0.15) is 17.4 Å². The number of carbonyl (C=O) groups is 1. The first-order valence-electron chi connectivity index (χ1n) is 6.95. The Bertz CT molecular complexity index is 742. The van der Waals surface area contributed by atoms with Gasteiger partial charge in [-0.3, -0.25) is 0 Å². The zero-order chi connectivity index (χ0) is 15.9. The van der Waals surface area contributed by atoms with Crippen LogP contribution in [0.1, 0.15) is 25.5 Å². The summed E-state index contributed by atoms with van der Waals surface area (Å²) in [5.74, 6) is 0.696. The Balaban J connectivity index is 2.01. The highest BCUT2D eigenvalue weighted by atomic mass is 35.5. The third-order valence-corrected chi connectivity index (χ3v) is 4.05. The van der Waals surface area contributed by atoms with E-state index in [-0.39, 0.29) is 0 Å². The van der Waals surface area contributed by atoms with Gasteiger partial charge in [-0.1, -0.05) is 35.9 Å². The average molecular weight is 318 g/mol. The molecule has 1 heterocycles. The predicted molar refractivity (Wildman–Crippen MR) is 85.5 cm³/mol. The van der Waals surface area contributed by atoms with E-state index in [4.69, 9.17) is 21.4 Å². The number of amides is 1. The molecule has 1 aliphatic rings. The Labute approximate surface area is 133 Å². The second-order valence-corrected chi connectivity index (χ2v) is 6.29. The van der Waals surface area contributed by atoms with Crippen LogP contribution >= 0.6 is 11.6 Å². The van der Waals surface area contributed by atoms with E-state index in [1.807, 2.05) is 56.3 Å². The van der Waals surface area contributed by atoms with Gasteiger partial charge in [0.05, 0.1) is 0 Å². The molecule has 2 aromatic carbocycles. The van der Waals surface area contributed by atoms with Crippen molar-refractivity contribution in [1.29, 1.82) is 0 Å². The van der Waals surface area contributed by atoms with Crippen molar-refractivity contribution >= 4 is 17.7 Å². The molecule has 0 bridgehead atoms. The van der Waals surface area contributed by atoms with Crippen LogP contribution in [0.15, 0.2) is 42.5 Å². The summed E-state index contributed by atoms with van der Waals surface area (Å²) in [5.41, 5.74) is 2.19. The number of hydrogen-bond donors (Lipinski definition) is 2. The lowest BCUT2D eigenvalue weighted by molar-refractivity contribution is 0.0933. The number of ether oxygens (including phenoxy) is 1. The molecule has 0 saturated heterocycles. The highest BCUT2D eigenvalue weighted by Gasteiger charge is 2.42. The molecule has 114 valence electrons. The summed E-state index contributed by atoms with van der Waals surface area (Å²) in [6.45, 7) is 3.74. The van der Waals surface area contributed by atoms with Crippen molar-refractivity contribution in [2.75, 3.05) is 0 Å². The van der Waals surface area contributed by atoms with Crippen molar-refractivity contribution in [2.24, 2.45) is 0 Å². The molecule has 1 unspecified atom stereocenters. The fourth-order valence-corrected chi connectivity index (χ4v) is 2.99. The van der Waals surface area contributed by atoms with Gasteiger partial charge in [-0.05, 0) is 43.2 Å². The molecule has 1 atom stereocenters. The lowest BCUT2D eigenvalue weighted by Crippen LogP contribution is -2.41. The number of rotatable bonds is 2. The molecule has 0 radical (unpaired) electrons. The van der Waals surface area contributed by atoms with Gasteiger partial charge in [0.2, 0.25) is 0 Å². The Morgan fingerprint density at radius 1 is 1.23 bits per heavy atom. The second-order valence-electron chi connectivity index (χ2n) is 5.85. The summed E-state index contributed by atoms with van der Waals surface area (Å²) in [7, 11) is 0. The fourth-order valence-electron chi connectivity index (χ4n) is 2.80. The highest BCUT2D eigenvalue weighted by Crippen LogP contribution is 2.44. The van der Waals surface area contributed by atoms with Crippen LogP contribution in [0.3, 0.4) is 0 Å². The summed E-state index contributed by atoms with van der Waals surface area (Å²) in [5, 5.41) is 12.2. The summed E-state index contributed by atoms with van der Waals surface area (Å²) < 4.78 is 5.94. The number of fused-ring (bicyclic) bond motifs is 1. The predicted octanol–water partition coefficient (Wildman–Crippen LogP) is 4.49. The molecular formula is C17H16ClNO3. The molecule has 3 rings (SSSR count). The minimum absolute atomic E-state index is 0.395. The SMILES string of the molecule is CC1(C)Oc2cc(-c3cccc(Cl)c3)ccc2C1NC(=O)O. The minimum atomic E-state index is -1.06. The summed E-state index contributed by atoms with van der Waals surface area (Å²) >= 11 is 6.03. The maximum Gasteiger partial charge on any atom is 0.405 e. The minimum Gasteiger partial charge on any atom is -0.485 e. The monoisotopic (exact) mass is 317 g/mol. The van der Waals surface area contributed by atoms with Crippen molar-refractivity contribution in [3.05, 3.63) is 53.1 Å². The van der Waals surface area contributed by atoms with Crippen LogP contribution in [0.25, 0.3) is 11.1 Å². The van der Waals surface area contributed by atoms with Crippen molar-refractivity contribution in [3.8, 4) is 16.9 Å². The van der Waals surface area contributed by atoms with Gasteiger partial charge in [0, 0.05) is 10.6 Å². The van der Waals surface area contributed by atoms with E-state index in [0.717, 1.165) is 16.7 Å². The van der Waals surface area contributed by atoms with Crippen molar-refractivity contribution < 1.29 is 14.6 Å². The van der Waals surface area contributed by atoms with E-state index in [0.29, 0.717) is 10.8 Å². The zero-order valence-electron chi connectivity index (χ0n) is 12.3. The topological polar surface area (TPSA) is 58.6 Å². The fraction of sp³-hybridized carbons (Fsp3) is 0.235. The second kappa shape index (κ2) is 5.21. The summed E-state index contributed by atoms with van der Waals surface area (Å²) in [4.78, 5) is 11.0. The van der Waals surface area contributed by atoms with Gasteiger partial charge >= 0.3 is 6.09 Å². The number of hydrogen-bond acceptors (Lipinski definition) is 2. The number of carboxylic acid groups (broad SMARTS) is 1. The van der Waals surface area contributed by atoms with Crippen LogP contribution in [0.4, 0.5) is 4.79 Å². The first-order chi connectivity index (χ1) is 10.4. The highest BCUT2D eigenvalue weighted by molar-refractivity contribution is 6.30. The molecule has 0 fully saturated rings. The van der Waals surface area contributed by atoms with Gasteiger partial charge in [-0.15, -0.1) is 0 Å². The normalized spacial score (nSPS) is 18.4. The molecule has 22 heavy (non-hydrogen) atoms. The van der Waals surface area contributed by atoms with E-state index in [9.17, 15) is 4.79 Å². The average Bonchev–Trinajstić information content (AvgIpc) is 2.68. The Morgan fingerprint density at radius 2 is 1.95 bits per heavy atom. The molecule has 0 aliphatic carbocycles. The molecule has 5 heteroatoms. The van der Waals surface area contributed by atoms with Crippen molar-refractivity contribution in [2.45, 2.75) is 25.5 Å². The standard InChI is InChI=1S/C17H16ClNO3/c1-17(2)15(19-16(20)21)13-7-6-11(9-14(13)22-17)10-4-3-5-12(18)8-10/h3-9,15,19H,1-2H3,(H,20,21). The first kappa shape index (κ1) is 14.7. The first-order valence-corrected chi connectivity index (χ1v) is 7.33. The molecule has 0 spiro atoms. The van der Waals surface area contributed by atoms with Gasteiger partial charge in [-0.2, -0.15) is 0 Å². The van der Waals surface area contributed by atoms with E-state index < -0.39 is 17.7 Å². The van der Waals surface area contributed by atoms with E-state index in [1.54, 1.807) is 0 Å². The smallest absolute Gasteiger partial charge is 0.405 e. The summed E-state index contributed by atoms with van der Waals surface area (Å²) in [6.07, 6.45) is -1.06. The van der Waals surface area contributed by atoms with Gasteiger partial charge in [-0.25, -0.2) is 4.79 Å². The quantitative estimate of drug-likeness (QED) is 0.858. The van der Waals surface area contributed by atoms with Crippen LogP contribution < -0.4 is 10.1 Å². The Kier molecular flexibility index (Phi) is 3.49. The van der Waals surface area contributed by atoms with Crippen LogP contribution in [-0.2, 0) is 0 Å². The molecule has 0 saturated carbocycles. The molecular weight excluding hydrogens is 302 g/mol. The number of nitrogens with one attached hydrogen (secondary N) is 1. The summed E-state index contributed by atoms with van der Waals surface area (Å²) in [6, 6.07) is 13.0. The van der Waals surface area contributed by atoms with Crippen LogP contribution in [0.5, 0.6) is 5.75 Å². The largest absolute Gasteiger partial charge is 0.485 e. The van der Waals surface area contributed by atoms with Crippen molar-refractivity contribution in [3.63, 3.8) is 0 Å². The lowest BCUT2D eigenvalue weighted by Gasteiger charge is -2.25. The third kappa shape index (κ3) is 2.62. The van der Waals surface area contributed by atoms with Gasteiger partial charge < -0.3 is 15.2 Å². The molecule has 0 aromatic heterocycles. The van der Waals surface area contributed by atoms with E-state index >= 15 is 0 Å². The molecule has 4 nitrogen and oxygen atoms in total. The lowest BCUT2D eigenvalue weighted by atomic mass is 9.93. The number of halogens is 1. The molecule has 1 amide bonds. The van der Waals surface area contributed by atoms with E-state index in [2.05, 4.69) is 5.32 Å². The Hall–Kier alpha value is -2.20. The molecule has 2 aromatic rings. The molecule has 2 N–H and O–H groups in total. The van der Waals surface area contributed by atoms with Crippen LogP contribution in [0.2, 0.25) is 5.02 Å². The van der Waals surface area contributed by atoms with Gasteiger partial charge in [0.15, 0.2) is 0 Å². The Morgan fingerprint density at radius 3 is 2.64 bits per heavy atom. The maximum absolute atomic E-state index is 11.0. The zero-order valence-corrected chi connectivity index (χ0v) is 13.0. The van der Waals surface area contributed by atoms with Gasteiger partial charge in [0.25, 0.3) is 0 Å². The van der Waals surface area contributed by atoms with Crippen LogP contribution in [-0.4, -0.2) is 16.8 Å². The van der Waals surface area contributed by atoms with E-state index in [1.165, 1.54) is 0 Å². The maximum atomic E-state index is 11.0. The van der Waals surface area contributed by atoms with Crippen molar-refractivity contribution in [1.82, 2.24) is 5.32 Å². The molecule has 1 aliphatic heterocycles. The third-order valence-electron chi connectivity index (χ3n) is 3.82.